The lowest BCUT2D eigenvalue weighted by Crippen LogP contribution is -2.14. The van der Waals surface area contributed by atoms with Crippen molar-refractivity contribution in [3.05, 3.63) is 52.1 Å². The number of hydrogen-bond donors (Lipinski definition) is 1. The van der Waals surface area contributed by atoms with Gasteiger partial charge in [-0.05, 0) is 30.5 Å². The van der Waals surface area contributed by atoms with Gasteiger partial charge in [0.2, 0.25) is 5.95 Å². The van der Waals surface area contributed by atoms with E-state index in [1.807, 2.05) is 29.0 Å². The van der Waals surface area contributed by atoms with Crippen LogP contribution in [0, 0.1) is 6.92 Å². The van der Waals surface area contributed by atoms with Crippen molar-refractivity contribution in [2.24, 2.45) is 0 Å². The van der Waals surface area contributed by atoms with Gasteiger partial charge in [0.05, 0.1) is 10.6 Å². The molecule has 1 amide bonds. The molecule has 114 valence electrons. The van der Waals surface area contributed by atoms with E-state index >= 15 is 0 Å². The molecular formula is C15H11N5OS2. The SMILES string of the molecule is Cc1nc(NC(=O)c2cc3cscc3s2)n(-c2ccncc2)n1. The first-order valence-electron chi connectivity index (χ1n) is 6.82. The van der Waals surface area contributed by atoms with Gasteiger partial charge in [-0.1, -0.05) is 0 Å². The summed E-state index contributed by atoms with van der Waals surface area (Å²) in [5, 5.41) is 12.3. The molecule has 0 aliphatic heterocycles. The molecule has 0 bridgehead atoms. The predicted molar refractivity (Wildman–Crippen MR) is 91.5 cm³/mol. The first-order valence-corrected chi connectivity index (χ1v) is 8.58. The lowest BCUT2D eigenvalue weighted by Gasteiger charge is -2.05. The average molecular weight is 341 g/mol. The van der Waals surface area contributed by atoms with Crippen LogP contribution in [0.4, 0.5) is 5.95 Å². The van der Waals surface area contributed by atoms with Crippen molar-refractivity contribution in [2.45, 2.75) is 6.92 Å². The Morgan fingerprint density at radius 3 is 2.87 bits per heavy atom. The third-order valence-corrected chi connectivity index (χ3v) is 5.24. The summed E-state index contributed by atoms with van der Waals surface area (Å²) in [6, 6.07) is 5.51. The van der Waals surface area contributed by atoms with E-state index in [0.29, 0.717) is 16.6 Å². The van der Waals surface area contributed by atoms with Crippen LogP contribution in [0.2, 0.25) is 0 Å². The zero-order valence-electron chi connectivity index (χ0n) is 12.1. The third kappa shape index (κ3) is 2.62. The fourth-order valence-electron chi connectivity index (χ4n) is 2.21. The molecule has 0 aromatic carbocycles. The van der Waals surface area contributed by atoms with Gasteiger partial charge in [0.15, 0.2) is 0 Å². The van der Waals surface area contributed by atoms with Gasteiger partial charge in [-0.15, -0.1) is 16.4 Å². The number of rotatable bonds is 3. The van der Waals surface area contributed by atoms with E-state index in [0.717, 1.165) is 15.8 Å². The summed E-state index contributed by atoms with van der Waals surface area (Å²) in [5.41, 5.74) is 0.794. The highest BCUT2D eigenvalue weighted by atomic mass is 32.1. The number of pyridine rings is 1. The van der Waals surface area contributed by atoms with Gasteiger partial charge in [-0.25, -0.2) is 0 Å². The van der Waals surface area contributed by atoms with Crippen LogP contribution >= 0.6 is 22.7 Å². The lowest BCUT2D eigenvalue weighted by atomic mass is 10.3. The van der Waals surface area contributed by atoms with E-state index in [4.69, 9.17) is 0 Å². The highest BCUT2D eigenvalue weighted by Gasteiger charge is 2.16. The van der Waals surface area contributed by atoms with Crippen LogP contribution in [0.5, 0.6) is 0 Å². The van der Waals surface area contributed by atoms with Crippen LogP contribution < -0.4 is 5.32 Å². The first-order chi connectivity index (χ1) is 11.2. The van der Waals surface area contributed by atoms with E-state index in [1.165, 1.54) is 11.3 Å². The maximum Gasteiger partial charge on any atom is 0.268 e. The fourth-order valence-corrected chi connectivity index (χ4v) is 4.11. The van der Waals surface area contributed by atoms with E-state index in [-0.39, 0.29) is 5.91 Å². The summed E-state index contributed by atoms with van der Waals surface area (Å²) >= 11 is 3.10. The zero-order chi connectivity index (χ0) is 15.8. The minimum Gasteiger partial charge on any atom is -0.290 e. The maximum atomic E-state index is 12.5. The van der Waals surface area contributed by atoms with Gasteiger partial charge >= 0.3 is 0 Å². The molecule has 0 saturated carbocycles. The Kier molecular flexibility index (Phi) is 3.40. The monoisotopic (exact) mass is 341 g/mol. The van der Waals surface area contributed by atoms with Gasteiger partial charge in [0.1, 0.15) is 5.82 Å². The Labute approximate surface area is 139 Å². The summed E-state index contributed by atoms with van der Waals surface area (Å²) in [6.07, 6.45) is 3.34. The second-order valence-electron chi connectivity index (χ2n) is 4.86. The van der Waals surface area contributed by atoms with Crippen LogP contribution in [-0.2, 0) is 0 Å². The molecule has 4 heterocycles. The lowest BCUT2D eigenvalue weighted by molar-refractivity contribution is 0.102. The van der Waals surface area contributed by atoms with Crippen LogP contribution in [0.3, 0.4) is 0 Å². The second-order valence-corrected chi connectivity index (χ2v) is 6.68. The Morgan fingerprint density at radius 1 is 1.26 bits per heavy atom. The Bertz CT molecular complexity index is 957. The van der Waals surface area contributed by atoms with Gasteiger partial charge in [-0.2, -0.15) is 21.0 Å². The molecule has 0 fully saturated rings. The molecule has 0 spiro atoms. The van der Waals surface area contributed by atoms with Crippen LogP contribution in [0.25, 0.3) is 15.8 Å². The van der Waals surface area contributed by atoms with Crippen LogP contribution in [0.1, 0.15) is 15.5 Å². The van der Waals surface area contributed by atoms with E-state index in [2.05, 4.69) is 20.4 Å². The number of aryl methyl sites for hydroxylation is 1. The molecule has 8 heteroatoms. The molecule has 0 aliphatic carbocycles. The van der Waals surface area contributed by atoms with Crippen molar-refractivity contribution in [1.29, 1.82) is 0 Å². The van der Waals surface area contributed by atoms with E-state index < -0.39 is 0 Å². The quantitative estimate of drug-likeness (QED) is 0.619. The number of nitrogens with zero attached hydrogens (tertiary/aromatic N) is 4. The third-order valence-electron chi connectivity index (χ3n) is 3.23. The number of thiophene rings is 2. The van der Waals surface area contributed by atoms with Crippen LogP contribution in [-0.4, -0.2) is 25.7 Å². The molecule has 0 aliphatic rings. The number of anilines is 1. The van der Waals surface area contributed by atoms with Gasteiger partial charge in [0.25, 0.3) is 5.91 Å². The topological polar surface area (TPSA) is 72.7 Å². The molecule has 0 saturated heterocycles. The molecule has 4 aromatic heterocycles. The normalized spacial score (nSPS) is 11.0. The molecule has 6 nitrogen and oxygen atoms in total. The number of amides is 1. The average Bonchev–Trinajstić information content (AvgIpc) is 3.22. The molecular weight excluding hydrogens is 330 g/mol. The Morgan fingerprint density at radius 2 is 2.09 bits per heavy atom. The fraction of sp³-hybridized carbons (Fsp3) is 0.0667. The molecule has 1 N–H and O–H groups in total. The maximum absolute atomic E-state index is 12.5. The van der Waals surface area contributed by atoms with Crippen LogP contribution in [0.15, 0.2) is 41.4 Å². The predicted octanol–water partition coefficient (Wildman–Crippen LogP) is 3.50. The smallest absolute Gasteiger partial charge is 0.268 e. The van der Waals surface area contributed by atoms with Gasteiger partial charge < -0.3 is 0 Å². The van der Waals surface area contributed by atoms with Gasteiger partial charge in [-0.3, -0.25) is 15.1 Å². The number of nitrogens with one attached hydrogen (secondary N) is 1. The van der Waals surface area contributed by atoms with Crippen molar-refractivity contribution < 1.29 is 4.79 Å². The molecule has 0 radical (unpaired) electrons. The summed E-state index contributed by atoms with van der Waals surface area (Å²) in [4.78, 5) is 21.4. The number of carbonyl (C=O) groups is 1. The highest BCUT2D eigenvalue weighted by molar-refractivity contribution is 7.24. The number of carbonyl (C=O) groups excluding carboxylic acids is 1. The standard InChI is InChI=1S/C15H11N5OS2/c1-9-17-15(20(19-9)11-2-4-16-5-3-11)18-14(21)12-6-10-7-22-8-13(10)23-12/h2-8H,1H3,(H,17,18,19,21). The summed E-state index contributed by atoms with van der Waals surface area (Å²) in [7, 11) is 0. The summed E-state index contributed by atoms with van der Waals surface area (Å²) in [5.74, 6) is 0.803. The molecule has 0 unspecified atom stereocenters. The minimum absolute atomic E-state index is 0.182. The number of fused-ring (bicyclic) bond motifs is 1. The van der Waals surface area contributed by atoms with Crippen molar-refractivity contribution in [3.63, 3.8) is 0 Å². The Hall–Kier alpha value is -2.58. The summed E-state index contributed by atoms with van der Waals surface area (Å²) in [6.45, 7) is 1.79. The highest BCUT2D eigenvalue weighted by Crippen LogP contribution is 2.29. The second kappa shape index (κ2) is 5.56. The largest absolute Gasteiger partial charge is 0.290 e. The Balaban J connectivity index is 1.66. The zero-order valence-corrected chi connectivity index (χ0v) is 13.7. The van der Waals surface area contributed by atoms with Crippen molar-refractivity contribution in [3.8, 4) is 5.69 Å². The van der Waals surface area contributed by atoms with E-state index in [1.54, 1.807) is 35.3 Å². The minimum atomic E-state index is -0.182. The molecule has 23 heavy (non-hydrogen) atoms. The van der Waals surface area contributed by atoms with Gasteiger partial charge in [0, 0.05) is 27.9 Å². The van der Waals surface area contributed by atoms with Crippen molar-refractivity contribution in [1.82, 2.24) is 19.7 Å². The first kappa shape index (κ1) is 14.0. The number of hydrogen-bond acceptors (Lipinski definition) is 6. The number of aromatic nitrogens is 4. The molecule has 0 atom stereocenters. The van der Waals surface area contributed by atoms with Crippen molar-refractivity contribution >= 4 is 44.6 Å². The summed E-state index contributed by atoms with van der Waals surface area (Å²) < 4.78 is 2.72. The van der Waals surface area contributed by atoms with Crippen molar-refractivity contribution in [2.75, 3.05) is 5.32 Å². The van der Waals surface area contributed by atoms with E-state index in [9.17, 15) is 4.79 Å². The molecule has 4 aromatic rings. The molecule has 4 rings (SSSR count).